The largest absolute Gasteiger partial charge is 0.480 e. The summed E-state index contributed by atoms with van der Waals surface area (Å²) in [4.78, 5) is 22.3. The standard InChI is InChI=1S/C9H18N2O4/c1-4-9(2,8(13)14)11-7(12)6(10)5-15-3/h6H,4-5,10H2,1-3H3,(H,11,12)(H,13,14). The second kappa shape index (κ2) is 5.67. The van der Waals surface area contributed by atoms with Crippen molar-refractivity contribution >= 4 is 11.9 Å². The number of nitrogens with one attached hydrogen (secondary N) is 1. The number of carboxylic acids is 1. The summed E-state index contributed by atoms with van der Waals surface area (Å²) in [5.41, 5.74) is 4.18. The molecule has 0 aromatic rings. The van der Waals surface area contributed by atoms with E-state index in [4.69, 9.17) is 15.6 Å². The van der Waals surface area contributed by atoms with Crippen LogP contribution in [0.15, 0.2) is 0 Å². The Morgan fingerprint density at radius 1 is 1.60 bits per heavy atom. The molecule has 0 aliphatic rings. The van der Waals surface area contributed by atoms with Crippen LogP contribution in [0.5, 0.6) is 0 Å². The van der Waals surface area contributed by atoms with Crippen LogP contribution in [-0.4, -0.2) is 42.3 Å². The minimum Gasteiger partial charge on any atom is -0.480 e. The summed E-state index contributed by atoms with van der Waals surface area (Å²) in [5, 5.41) is 11.3. The average Bonchev–Trinajstić information content (AvgIpc) is 2.17. The van der Waals surface area contributed by atoms with E-state index in [0.29, 0.717) is 0 Å². The molecule has 0 saturated carbocycles. The first-order valence-electron chi connectivity index (χ1n) is 4.67. The minimum atomic E-state index is -1.28. The second-order valence-corrected chi connectivity index (χ2v) is 3.54. The fourth-order valence-corrected chi connectivity index (χ4v) is 0.913. The van der Waals surface area contributed by atoms with Gasteiger partial charge in [0.2, 0.25) is 5.91 Å². The van der Waals surface area contributed by atoms with Crippen molar-refractivity contribution in [3.05, 3.63) is 0 Å². The highest BCUT2D eigenvalue weighted by Gasteiger charge is 2.34. The SMILES string of the molecule is CCC(C)(NC(=O)C(N)COC)C(=O)O. The van der Waals surface area contributed by atoms with Gasteiger partial charge in [0.05, 0.1) is 6.61 Å². The molecule has 0 bridgehead atoms. The molecule has 0 rings (SSSR count). The number of rotatable bonds is 6. The zero-order chi connectivity index (χ0) is 12.1. The highest BCUT2D eigenvalue weighted by molar-refractivity contribution is 5.89. The smallest absolute Gasteiger partial charge is 0.329 e. The summed E-state index contributed by atoms with van der Waals surface area (Å²) in [6.07, 6.45) is 0.285. The van der Waals surface area contributed by atoms with Crippen LogP contribution < -0.4 is 11.1 Å². The van der Waals surface area contributed by atoms with Gasteiger partial charge in [0.1, 0.15) is 11.6 Å². The molecule has 0 spiro atoms. The van der Waals surface area contributed by atoms with Crippen molar-refractivity contribution in [3.8, 4) is 0 Å². The molecular weight excluding hydrogens is 200 g/mol. The number of nitrogens with two attached hydrogens (primary N) is 1. The molecule has 0 heterocycles. The lowest BCUT2D eigenvalue weighted by molar-refractivity contribution is -0.147. The molecule has 15 heavy (non-hydrogen) atoms. The van der Waals surface area contributed by atoms with Gasteiger partial charge in [-0.15, -0.1) is 0 Å². The first kappa shape index (κ1) is 13.9. The van der Waals surface area contributed by atoms with Gasteiger partial charge >= 0.3 is 5.97 Å². The summed E-state index contributed by atoms with van der Waals surface area (Å²) in [6.45, 7) is 3.17. The van der Waals surface area contributed by atoms with Crippen LogP contribution in [0.25, 0.3) is 0 Å². The number of hydrogen-bond acceptors (Lipinski definition) is 4. The van der Waals surface area contributed by atoms with Crippen LogP contribution >= 0.6 is 0 Å². The van der Waals surface area contributed by atoms with E-state index in [9.17, 15) is 9.59 Å². The average molecular weight is 218 g/mol. The first-order chi connectivity index (χ1) is 6.87. The summed E-state index contributed by atoms with van der Waals surface area (Å²) in [7, 11) is 1.42. The van der Waals surface area contributed by atoms with Gasteiger partial charge in [0, 0.05) is 7.11 Å². The predicted molar refractivity (Wildman–Crippen MR) is 54.3 cm³/mol. The van der Waals surface area contributed by atoms with Crippen molar-refractivity contribution in [3.63, 3.8) is 0 Å². The molecule has 0 aromatic heterocycles. The van der Waals surface area contributed by atoms with Gasteiger partial charge < -0.3 is 20.9 Å². The Morgan fingerprint density at radius 3 is 2.47 bits per heavy atom. The first-order valence-corrected chi connectivity index (χ1v) is 4.67. The Morgan fingerprint density at radius 2 is 2.13 bits per heavy atom. The summed E-state index contributed by atoms with van der Waals surface area (Å²) >= 11 is 0. The maximum absolute atomic E-state index is 11.4. The van der Waals surface area contributed by atoms with Crippen molar-refractivity contribution in [2.45, 2.75) is 31.8 Å². The molecule has 0 aromatic carbocycles. The molecule has 2 atom stereocenters. The van der Waals surface area contributed by atoms with Crippen molar-refractivity contribution in [2.24, 2.45) is 5.73 Å². The monoisotopic (exact) mass is 218 g/mol. The van der Waals surface area contributed by atoms with Crippen LogP contribution in [0.4, 0.5) is 0 Å². The van der Waals surface area contributed by atoms with Gasteiger partial charge in [-0.25, -0.2) is 4.79 Å². The summed E-state index contributed by atoms with van der Waals surface area (Å²) < 4.78 is 4.70. The van der Waals surface area contributed by atoms with E-state index >= 15 is 0 Å². The van der Waals surface area contributed by atoms with Crippen molar-refractivity contribution in [2.75, 3.05) is 13.7 Å². The Balaban J connectivity index is 4.43. The van der Waals surface area contributed by atoms with E-state index in [1.807, 2.05) is 0 Å². The zero-order valence-corrected chi connectivity index (χ0v) is 9.24. The lowest BCUT2D eigenvalue weighted by Crippen LogP contribution is -2.56. The van der Waals surface area contributed by atoms with E-state index in [1.165, 1.54) is 14.0 Å². The molecule has 6 nitrogen and oxygen atoms in total. The fourth-order valence-electron chi connectivity index (χ4n) is 0.913. The van der Waals surface area contributed by atoms with Crippen LogP contribution in [0.3, 0.4) is 0 Å². The number of methoxy groups -OCH3 is 1. The molecule has 4 N–H and O–H groups in total. The molecule has 0 radical (unpaired) electrons. The van der Waals surface area contributed by atoms with E-state index in [0.717, 1.165) is 0 Å². The van der Waals surface area contributed by atoms with Crippen molar-refractivity contribution in [1.82, 2.24) is 5.32 Å². The van der Waals surface area contributed by atoms with Crippen molar-refractivity contribution in [1.29, 1.82) is 0 Å². The maximum atomic E-state index is 11.4. The number of amides is 1. The van der Waals surface area contributed by atoms with Gasteiger partial charge in [0.15, 0.2) is 0 Å². The van der Waals surface area contributed by atoms with E-state index in [-0.39, 0.29) is 13.0 Å². The molecule has 88 valence electrons. The van der Waals surface area contributed by atoms with E-state index in [1.54, 1.807) is 6.92 Å². The Bertz CT molecular complexity index is 244. The number of carbonyl (C=O) groups is 2. The predicted octanol–water partition coefficient (Wildman–Crippen LogP) is -0.670. The summed E-state index contributed by atoms with van der Waals surface area (Å²) in [6, 6.07) is -0.847. The number of aliphatic carboxylic acids is 1. The molecule has 0 saturated heterocycles. The summed E-state index contributed by atoms with van der Waals surface area (Å²) in [5.74, 6) is -1.61. The third-order valence-corrected chi connectivity index (χ3v) is 2.26. The van der Waals surface area contributed by atoms with Crippen LogP contribution in [0, 0.1) is 0 Å². The molecule has 0 fully saturated rings. The van der Waals surface area contributed by atoms with Gasteiger partial charge in [-0.2, -0.15) is 0 Å². The second-order valence-electron chi connectivity index (χ2n) is 3.54. The molecule has 6 heteroatoms. The molecule has 2 unspecified atom stereocenters. The Labute approximate surface area is 88.8 Å². The zero-order valence-electron chi connectivity index (χ0n) is 9.24. The number of carboxylic acid groups (broad SMARTS) is 1. The normalized spacial score (nSPS) is 16.5. The Hall–Kier alpha value is -1.14. The number of hydrogen-bond donors (Lipinski definition) is 3. The van der Waals surface area contributed by atoms with Gasteiger partial charge in [0.25, 0.3) is 0 Å². The van der Waals surface area contributed by atoms with Crippen LogP contribution in [0.1, 0.15) is 20.3 Å². The highest BCUT2D eigenvalue weighted by Crippen LogP contribution is 2.09. The highest BCUT2D eigenvalue weighted by atomic mass is 16.5. The van der Waals surface area contributed by atoms with Crippen LogP contribution in [-0.2, 0) is 14.3 Å². The maximum Gasteiger partial charge on any atom is 0.329 e. The van der Waals surface area contributed by atoms with Crippen molar-refractivity contribution < 1.29 is 19.4 Å². The van der Waals surface area contributed by atoms with E-state index < -0.39 is 23.5 Å². The minimum absolute atomic E-state index is 0.0608. The molecule has 0 aliphatic heterocycles. The Kier molecular flexibility index (Phi) is 5.24. The fraction of sp³-hybridized carbons (Fsp3) is 0.778. The quantitative estimate of drug-likeness (QED) is 0.548. The third-order valence-electron chi connectivity index (χ3n) is 2.26. The molecule has 1 amide bonds. The lowest BCUT2D eigenvalue weighted by atomic mass is 9.99. The van der Waals surface area contributed by atoms with E-state index in [2.05, 4.69) is 5.32 Å². The lowest BCUT2D eigenvalue weighted by Gasteiger charge is -2.26. The number of ether oxygens (including phenoxy) is 1. The van der Waals surface area contributed by atoms with Gasteiger partial charge in [-0.3, -0.25) is 4.79 Å². The third kappa shape index (κ3) is 3.85. The van der Waals surface area contributed by atoms with Gasteiger partial charge in [-0.1, -0.05) is 6.92 Å². The van der Waals surface area contributed by atoms with Crippen LogP contribution in [0.2, 0.25) is 0 Å². The number of carbonyl (C=O) groups excluding carboxylic acids is 1. The molecular formula is C9H18N2O4. The van der Waals surface area contributed by atoms with Gasteiger partial charge in [-0.05, 0) is 13.3 Å². The molecule has 0 aliphatic carbocycles. The topological polar surface area (TPSA) is 102 Å².